The van der Waals surface area contributed by atoms with Gasteiger partial charge in [-0.2, -0.15) is 0 Å². The Morgan fingerprint density at radius 3 is 2.64 bits per heavy atom. The van der Waals surface area contributed by atoms with Gasteiger partial charge in [-0.3, -0.25) is 9.79 Å². The van der Waals surface area contributed by atoms with Gasteiger partial charge in [-0.25, -0.2) is 8.78 Å². The van der Waals surface area contributed by atoms with E-state index in [1.54, 1.807) is 19.2 Å². The predicted octanol–water partition coefficient (Wildman–Crippen LogP) is 2.01. The molecule has 0 aromatic heterocycles. The second kappa shape index (κ2) is 8.69. The van der Waals surface area contributed by atoms with E-state index in [0.717, 1.165) is 18.1 Å². The summed E-state index contributed by atoms with van der Waals surface area (Å²) in [6, 6.07) is 10.7. The number of nitrogens with one attached hydrogen (secondary N) is 2. The van der Waals surface area contributed by atoms with Crippen molar-refractivity contribution in [1.82, 2.24) is 10.6 Å². The molecule has 1 aliphatic rings. The normalized spacial score (nSPS) is 16.9. The Kier molecular flexibility index (Phi) is 6.08. The number of nitrogens with two attached hydrogens (primary N) is 1. The fourth-order valence-corrected chi connectivity index (χ4v) is 3.20. The van der Waals surface area contributed by atoms with Crippen molar-refractivity contribution < 1.29 is 13.6 Å². The quantitative estimate of drug-likeness (QED) is 0.541. The summed E-state index contributed by atoms with van der Waals surface area (Å²) in [5.74, 6) is -0.961. The first-order valence-electron chi connectivity index (χ1n) is 9.02. The Hall–Kier alpha value is -3.16. The molecule has 0 saturated carbocycles. The van der Waals surface area contributed by atoms with E-state index < -0.39 is 17.5 Å². The molecule has 4 N–H and O–H groups in total. The van der Waals surface area contributed by atoms with Crippen LogP contribution in [0.4, 0.5) is 14.5 Å². The highest BCUT2D eigenvalue weighted by Crippen LogP contribution is 2.24. The van der Waals surface area contributed by atoms with Crippen molar-refractivity contribution in [3.05, 3.63) is 65.2 Å². The van der Waals surface area contributed by atoms with E-state index in [1.807, 2.05) is 17.0 Å². The molecular formula is C20H23F2N5O. The van der Waals surface area contributed by atoms with Crippen LogP contribution in [0.3, 0.4) is 0 Å². The van der Waals surface area contributed by atoms with Gasteiger partial charge in [0.15, 0.2) is 5.96 Å². The minimum Gasteiger partial charge on any atom is -0.367 e. The monoisotopic (exact) mass is 387 g/mol. The number of anilines is 1. The van der Waals surface area contributed by atoms with Crippen LogP contribution in [0.1, 0.15) is 22.3 Å². The van der Waals surface area contributed by atoms with Crippen LogP contribution in [-0.4, -0.2) is 38.0 Å². The van der Waals surface area contributed by atoms with Crippen LogP contribution in [0.5, 0.6) is 0 Å². The number of guanidine groups is 1. The van der Waals surface area contributed by atoms with Gasteiger partial charge in [-0.05, 0) is 36.2 Å². The van der Waals surface area contributed by atoms with Crippen molar-refractivity contribution in [2.75, 3.05) is 25.0 Å². The van der Waals surface area contributed by atoms with Crippen molar-refractivity contribution in [3.8, 4) is 0 Å². The Morgan fingerprint density at radius 2 is 2.00 bits per heavy atom. The summed E-state index contributed by atoms with van der Waals surface area (Å²) < 4.78 is 27.1. The standard InChI is InChI=1S/C20H23F2N5O/c1-24-20(25-11-13-2-4-14(5-3-13)19(23)28)26-16-8-9-27(12-16)18-7-6-15(21)10-17(18)22/h2-7,10,16H,8-9,11-12H2,1H3,(H2,23,28)(H2,24,25,26). The van der Waals surface area contributed by atoms with E-state index in [9.17, 15) is 13.6 Å². The average molecular weight is 387 g/mol. The Labute approximate surface area is 162 Å². The van der Waals surface area contributed by atoms with Gasteiger partial charge in [0.05, 0.1) is 5.69 Å². The third kappa shape index (κ3) is 4.76. The molecular weight excluding hydrogens is 364 g/mol. The number of aliphatic imine (C=N–C) groups is 1. The number of carbonyl (C=O) groups is 1. The maximum atomic E-state index is 14.0. The zero-order valence-corrected chi connectivity index (χ0v) is 15.6. The lowest BCUT2D eigenvalue weighted by Crippen LogP contribution is -2.44. The lowest BCUT2D eigenvalue weighted by atomic mass is 10.1. The number of halogens is 2. The van der Waals surface area contributed by atoms with Crippen LogP contribution in [0.25, 0.3) is 0 Å². The van der Waals surface area contributed by atoms with Crippen LogP contribution in [0.2, 0.25) is 0 Å². The smallest absolute Gasteiger partial charge is 0.248 e. The fourth-order valence-electron chi connectivity index (χ4n) is 3.20. The van der Waals surface area contributed by atoms with Crippen molar-refractivity contribution >= 4 is 17.6 Å². The molecule has 1 amide bonds. The van der Waals surface area contributed by atoms with E-state index in [4.69, 9.17) is 5.73 Å². The van der Waals surface area contributed by atoms with Crippen LogP contribution in [-0.2, 0) is 6.54 Å². The molecule has 2 aromatic rings. The van der Waals surface area contributed by atoms with Crippen LogP contribution < -0.4 is 21.3 Å². The van der Waals surface area contributed by atoms with Gasteiger partial charge < -0.3 is 21.3 Å². The van der Waals surface area contributed by atoms with Crippen LogP contribution >= 0.6 is 0 Å². The van der Waals surface area contributed by atoms with E-state index in [-0.39, 0.29) is 6.04 Å². The van der Waals surface area contributed by atoms with E-state index in [2.05, 4.69) is 15.6 Å². The molecule has 1 fully saturated rings. The first-order chi connectivity index (χ1) is 13.5. The minimum absolute atomic E-state index is 0.0906. The van der Waals surface area contributed by atoms with E-state index in [1.165, 1.54) is 12.1 Å². The highest BCUT2D eigenvalue weighted by Gasteiger charge is 2.25. The Balaban J connectivity index is 1.53. The van der Waals surface area contributed by atoms with Gasteiger partial charge in [-0.1, -0.05) is 12.1 Å². The number of hydrogen-bond donors (Lipinski definition) is 3. The first-order valence-corrected chi connectivity index (χ1v) is 9.02. The fraction of sp³-hybridized carbons (Fsp3) is 0.300. The molecule has 3 rings (SSSR count). The van der Waals surface area contributed by atoms with Crippen molar-refractivity contribution in [1.29, 1.82) is 0 Å². The highest BCUT2D eigenvalue weighted by atomic mass is 19.1. The predicted molar refractivity (Wildman–Crippen MR) is 105 cm³/mol. The first kappa shape index (κ1) is 19.6. The van der Waals surface area contributed by atoms with E-state index >= 15 is 0 Å². The van der Waals surface area contributed by atoms with Gasteiger partial charge in [0.2, 0.25) is 5.91 Å². The molecule has 148 valence electrons. The van der Waals surface area contributed by atoms with Gasteiger partial charge in [-0.15, -0.1) is 0 Å². The SMILES string of the molecule is CN=C(NCc1ccc(C(N)=O)cc1)NC1CCN(c2ccc(F)cc2F)C1. The lowest BCUT2D eigenvalue weighted by molar-refractivity contribution is 0.100. The van der Waals surface area contributed by atoms with Crippen molar-refractivity contribution in [3.63, 3.8) is 0 Å². The topological polar surface area (TPSA) is 82.7 Å². The van der Waals surface area contributed by atoms with Crippen molar-refractivity contribution in [2.24, 2.45) is 10.7 Å². The molecule has 6 nitrogen and oxygen atoms in total. The zero-order valence-electron chi connectivity index (χ0n) is 15.6. The zero-order chi connectivity index (χ0) is 20.1. The van der Waals surface area contributed by atoms with E-state index in [0.29, 0.717) is 36.8 Å². The summed E-state index contributed by atoms with van der Waals surface area (Å²) >= 11 is 0. The van der Waals surface area contributed by atoms with Gasteiger partial charge >= 0.3 is 0 Å². The molecule has 1 aliphatic heterocycles. The maximum absolute atomic E-state index is 14.0. The molecule has 1 unspecified atom stereocenters. The third-order valence-electron chi connectivity index (χ3n) is 4.70. The Bertz CT molecular complexity index is 869. The van der Waals surface area contributed by atoms with Crippen LogP contribution in [0, 0.1) is 11.6 Å². The number of amides is 1. The summed E-state index contributed by atoms with van der Waals surface area (Å²) in [5.41, 5.74) is 7.09. The van der Waals surface area contributed by atoms with Gasteiger partial charge in [0.1, 0.15) is 11.6 Å². The number of hydrogen-bond acceptors (Lipinski definition) is 3. The molecule has 1 atom stereocenters. The van der Waals surface area contributed by atoms with Crippen molar-refractivity contribution in [2.45, 2.75) is 19.0 Å². The third-order valence-corrected chi connectivity index (χ3v) is 4.70. The largest absolute Gasteiger partial charge is 0.367 e. The molecule has 0 spiro atoms. The number of carbonyl (C=O) groups excluding carboxylic acids is 1. The second-order valence-electron chi connectivity index (χ2n) is 6.66. The molecule has 1 heterocycles. The second-order valence-corrected chi connectivity index (χ2v) is 6.66. The average Bonchev–Trinajstić information content (AvgIpc) is 3.13. The molecule has 1 saturated heterocycles. The summed E-state index contributed by atoms with van der Waals surface area (Å²) in [7, 11) is 1.68. The van der Waals surface area contributed by atoms with Crippen LogP contribution in [0.15, 0.2) is 47.5 Å². The number of nitrogens with zero attached hydrogens (tertiary/aromatic N) is 2. The maximum Gasteiger partial charge on any atom is 0.248 e. The Morgan fingerprint density at radius 1 is 1.25 bits per heavy atom. The van der Waals surface area contributed by atoms with Gasteiger partial charge in [0.25, 0.3) is 0 Å². The summed E-state index contributed by atoms with van der Waals surface area (Å²) in [5, 5.41) is 6.54. The molecule has 8 heteroatoms. The number of rotatable bonds is 5. The van der Waals surface area contributed by atoms with Gasteiger partial charge in [0, 0.05) is 44.4 Å². The summed E-state index contributed by atoms with van der Waals surface area (Å²) in [6.45, 7) is 1.80. The number of benzene rings is 2. The summed E-state index contributed by atoms with van der Waals surface area (Å²) in [4.78, 5) is 17.2. The molecule has 0 aliphatic carbocycles. The minimum atomic E-state index is -0.580. The molecule has 2 aromatic carbocycles. The molecule has 0 bridgehead atoms. The lowest BCUT2D eigenvalue weighted by Gasteiger charge is -2.21. The molecule has 0 radical (unpaired) electrons. The highest BCUT2D eigenvalue weighted by molar-refractivity contribution is 5.92. The molecule has 28 heavy (non-hydrogen) atoms. The summed E-state index contributed by atoms with van der Waals surface area (Å²) in [6.07, 6.45) is 0.810. The number of primary amides is 1.